The van der Waals surface area contributed by atoms with Gasteiger partial charge in [-0.25, -0.2) is 4.79 Å². The van der Waals surface area contributed by atoms with E-state index in [9.17, 15) is 9.59 Å². The van der Waals surface area contributed by atoms with Gasteiger partial charge in [0.05, 0.1) is 24.0 Å². The molecule has 0 radical (unpaired) electrons. The lowest BCUT2D eigenvalue weighted by molar-refractivity contribution is 0.0600. The van der Waals surface area contributed by atoms with Gasteiger partial charge in [0.1, 0.15) is 0 Å². The third-order valence-corrected chi connectivity index (χ3v) is 7.61. The Morgan fingerprint density at radius 1 is 0.865 bits per heavy atom. The van der Waals surface area contributed by atoms with E-state index in [1.165, 1.54) is 24.7 Å². The number of nitrogens with zero attached hydrogens (tertiary/aromatic N) is 1. The maximum absolute atomic E-state index is 13.1. The molecule has 194 valence electrons. The van der Waals surface area contributed by atoms with Crippen LogP contribution >= 0.6 is 0 Å². The highest BCUT2D eigenvalue weighted by molar-refractivity contribution is 6.06. The van der Waals surface area contributed by atoms with E-state index in [2.05, 4.69) is 69.1 Å². The second-order valence-corrected chi connectivity index (χ2v) is 11.2. The van der Waals surface area contributed by atoms with Gasteiger partial charge in [0, 0.05) is 17.8 Å². The second kappa shape index (κ2) is 10.4. The van der Waals surface area contributed by atoms with Gasteiger partial charge in [-0.15, -0.1) is 0 Å². The van der Waals surface area contributed by atoms with Crippen LogP contribution < -0.4 is 10.2 Å². The van der Waals surface area contributed by atoms with E-state index in [1.54, 1.807) is 24.3 Å². The highest BCUT2D eigenvalue weighted by Gasteiger charge is 2.37. The van der Waals surface area contributed by atoms with E-state index in [0.717, 1.165) is 36.4 Å². The molecule has 0 saturated heterocycles. The summed E-state index contributed by atoms with van der Waals surface area (Å²) in [7, 11) is 1.34. The number of esters is 1. The molecule has 4 rings (SSSR count). The Morgan fingerprint density at radius 3 is 2.14 bits per heavy atom. The minimum atomic E-state index is -0.427. The van der Waals surface area contributed by atoms with Crippen LogP contribution in [-0.4, -0.2) is 25.5 Å². The first kappa shape index (κ1) is 26.5. The average Bonchev–Trinajstić information content (AvgIpc) is 2.90. The smallest absolute Gasteiger partial charge is 0.337 e. The number of anilines is 3. The maximum Gasteiger partial charge on any atom is 0.337 e. The first-order valence-electron chi connectivity index (χ1n) is 13.1. The van der Waals surface area contributed by atoms with E-state index in [4.69, 9.17) is 4.74 Å². The summed E-state index contributed by atoms with van der Waals surface area (Å²) in [4.78, 5) is 27.2. The van der Waals surface area contributed by atoms with Gasteiger partial charge in [0.15, 0.2) is 0 Å². The molecule has 0 aromatic heterocycles. The summed E-state index contributed by atoms with van der Waals surface area (Å²) in [6, 6.07) is 21.3. The van der Waals surface area contributed by atoms with Gasteiger partial charge in [-0.2, -0.15) is 0 Å². The molecule has 0 fully saturated rings. The molecule has 0 heterocycles. The SMILES string of the molecule is CCCN(c1ccc2c(c1)C(C)(C)CCC2(C)C)c1ccccc1NC(=O)c1ccc(C(=O)OC)cc1. The average molecular weight is 499 g/mol. The van der Waals surface area contributed by atoms with Crippen LogP contribution in [0.5, 0.6) is 0 Å². The van der Waals surface area contributed by atoms with Crippen molar-refractivity contribution in [2.24, 2.45) is 0 Å². The number of carbonyl (C=O) groups excluding carboxylic acids is 2. The van der Waals surface area contributed by atoms with Crippen LogP contribution in [0.2, 0.25) is 0 Å². The Bertz CT molecular complexity index is 1290. The van der Waals surface area contributed by atoms with Crippen LogP contribution in [0, 0.1) is 0 Å². The normalized spacial score (nSPS) is 15.4. The highest BCUT2D eigenvalue weighted by atomic mass is 16.5. The van der Waals surface area contributed by atoms with E-state index in [1.807, 2.05) is 18.2 Å². The van der Waals surface area contributed by atoms with E-state index in [0.29, 0.717) is 11.1 Å². The minimum Gasteiger partial charge on any atom is -0.465 e. The van der Waals surface area contributed by atoms with E-state index < -0.39 is 5.97 Å². The maximum atomic E-state index is 13.1. The number of methoxy groups -OCH3 is 1. The molecule has 1 amide bonds. The fourth-order valence-corrected chi connectivity index (χ4v) is 5.24. The van der Waals surface area contributed by atoms with Crippen molar-refractivity contribution in [1.82, 2.24) is 0 Å². The quantitative estimate of drug-likeness (QED) is 0.340. The standard InChI is InChI=1S/C32H38N2O3/c1-7-20-34(24-16-17-25-26(21-24)32(4,5)19-18-31(25,2)3)28-11-9-8-10-27(28)33-29(35)22-12-14-23(15-13-22)30(36)37-6/h8-17,21H,7,18-20H2,1-6H3,(H,33,35). The molecule has 0 atom stereocenters. The molecule has 0 unspecified atom stereocenters. The van der Waals surface area contributed by atoms with Gasteiger partial charge in [-0.1, -0.05) is 52.8 Å². The molecule has 5 heteroatoms. The molecule has 5 nitrogen and oxygen atoms in total. The largest absolute Gasteiger partial charge is 0.465 e. The van der Waals surface area contributed by atoms with Gasteiger partial charge in [-0.05, 0) is 89.8 Å². The molecule has 1 aliphatic rings. The Hall–Kier alpha value is -3.60. The van der Waals surface area contributed by atoms with Gasteiger partial charge in [-0.3, -0.25) is 4.79 Å². The summed E-state index contributed by atoms with van der Waals surface area (Å²) >= 11 is 0. The predicted octanol–water partition coefficient (Wildman–Crippen LogP) is 7.62. The Kier molecular flexibility index (Phi) is 7.44. The Balaban J connectivity index is 1.68. The zero-order valence-electron chi connectivity index (χ0n) is 22.9. The number of hydrogen-bond acceptors (Lipinski definition) is 4. The Labute approximate surface area is 220 Å². The van der Waals surface area contributed by atoms with Crippen molar-refractivity contribution in [2.75, 3.05) is 23.9 Å². The minimum absolute atomic E-state index is 0.114. The van der Waals surface area contributed by atoms with Crippen molar-refractivity contribution < 1.29 is 14.3 Å². The molecule has 0 bridgehead atoms. The summed E-state index contributed by atoms with van der Waals surface area (Å²) in [5.41, 5.74) is 6.84. The first-order valence-corrected chi connectivity index (χ1v) is 13.1. The molecule has 0 aliphatic heterocycles. The molecule has 0 spiro atoms. The fraction of sp³-hybridized carbons (Fsp3) is 0.375. The van der Waals surface area contributed by atoms with Crippen LogP contribution in [0.25, 0.3) is 0 Å². The summed E-state index contributed by atoms with van der Waals surface area (Å²) in [6.07, 6.45) is 3.30. The van der Waals surface area contributed by atoms with Crippen molar-refractivity contribution in [3.8, 4) is 0 Å². The zero-order chi connectivity index (χ0) is 26.8. The number of fused-ring (bicyclic) bond motifs is 1. The summed E-state index contributed by atoms with van der Waals surface area (Å²) < 4.78 is 4.75. The monoisotopic (exact) mass is 498 g/mol. The lowest BCUT2D eigenvalue weighted by Gasteiger charge is -2.42. The zero-order valence-corrected chi connectivity index (χ0v) is 22.9. The lowest BCUT2D eigenvalue weighted by Crippen LogP contribution is -2.34. The summed E-state index contributed by atoms with van der Waals surface area (Å²) in [6.45, 7) is 12.4. The molecule has 37 heavy (non-hydrogen) atoms. The molecular formula is C32H38N2O3. The molecule has 1 N–H and O–H groups in total. The van der Waals surface area contributed by atoms with Crippen LogP contribution in [0.1, 0.15) is 85.7 Å². The van der Waals surface area contributed by atoms with Crippen LogP contribution in [0.3, 0.4) is 0 Å². The van der Waals surface area contributed by atoms with Crippen molar-refractivity contribution >= 4 is 28.9 Å². The Morgan fingerprint density at radius 2 is 1.49 bits per heavy atom. The van der Waals surface area contributed by atoms with Gasteiger partial charge in [0.25, 0.3) is 5.91 Å². The lowest BCUT2D eigenvalue weighted by atomic mass is 9.63. The molecule has 3 aromatic rings. The third kappa shape index (κ3) is 5.41. The molecule has 3 aromatic carbocycles. The van der Waals surface area contributed by atoms with E-state index in [-0.39, 0.29) is 16.7 Å². The van der Waals surface area contributed by atoms with Crippen molar-refractivity contribution in [2.45, 2.75) is 64.7 Å². The number of nitrogens with one attached hydrogen (secondary N) is 1. The third-order valence-electron chi connectivity index (χ3n) is 7.61. The van der Waals surface area contributed by atoms with Crippen molar-refractivity contribution in [3.63, 3.8) is 0 Å². The number of carbonyl (C=O) groups is 2. The van der Waals surface area contributed by atoms with Crippen LogP contribution in [0.15, 0.2) is 66.7 Å². The molecule has 0 saturated carbocycles. The molecular weight excluding hydrogens is 460 g/mol. The first-order chi connectivity index (χ1) is 17.6. The number of para-hydroxylation sites is 2. The number of benzene rings is 3. The van der Waals surface area contributed by atoms with Crippen LogP contribution in [0.4, 0.5) is 17.1 Å². The molecule has 1 aliphatic carbocycles. The van der Waals surface area contributed by atoms with Crippen molar-refractivity contribution in [1.29, 1.82) is 0 Å². The fourth-order valence-electron chi connectivity index (χ4n) is 5.24. The van der Waals surface area contributed by atoms with Crippen LogP contribution in [-0.2, 0) is 15.6 Å². The van der Waals surface area contributed by atoms with Gasteiger partial charge in [0.2, 0.25) is 0 Å². The predicted molar refractivity (Wildman–Crippen MR) is 151 cm³/mol. The highest BCUT2D eigenvalue weighted by Crippen LogP contribution is 2.47. The summed E-state index contributed by atoms with van der Waals surface area (Å²) in [5.74, 6) is -0.655. The number of rotatable bonds is 7. The number of amides is 1. The van der Waals surface area contributed by atoms with E-state index >= 15 is 0 Å². The van der Waals surface area contributed by atoms with Gasteiger partial charge < -0.3 is 15.0 Å². The topological polar surface area (TPSA) is 58.6 Å². The number of ether oxygens (including phenoxy) is 1. The second-order valence-electron chi connectivity index (χ2n) is 11.2. The van der Waals surface area contributed by atoms with Crippen molar-refractivity contribution in [3.05, 3.63) is 89.0 Å². The van der Waals surface area contributed by atoms with Gasteiger partial charge >= 0.3 is 5.97 Å². The summed E-state index contributed by atoms with van der Waals surface area (Å²) in [5, 5.41) is 3.09. The number of hydrogen-bond donors (Lipinski definition) is 1.